The molecule has 2 aromatic rings. The summed E-state index contributed by atoms with van der Waals surface area (Å²) in [6.45, 7) is 0.375. The van der Waals surface area contributed by atoms with E-state index in [2.05, 4.69) is 10.2 Å². The Labute approximate surface area is 238 Å². The van der Waals surface area contributed by atoms with Gasteiger partial charge >= 0.3 is 6.18 Å². The van der Waals surface area contributed by atoms with E-state index in [0.717, 1.165) is 53.8 Å². The minimum absolute atomic E-state index is 0.0308. The number of halogens is 4. The Morgan fingerprint density at radius 3 is 2.39 bits per heavy atom. The molecule has 0 aromatic heterocycles. The summed E-state index contributed by atoms with van der Waals surface area (Å²) in [5.74, 6) is 0.234. The molecule has 2 aromatic carbocycles. The van der Waals surface area contributed by atoms with Crippen LogP contribution >= 0.6 is 0 Å². The molecule has 0 radical (unpaired) electrons. The molecule has 0 bridgehead atoms. The van der Waals surface area contributed by atoms with Crippen LogP contribution in [0.2, 0.25) is 0 Å². The monoisotopic (exact) mass is 599 g/mol. The lowest BCUT2D eigenvalue weighted by Crippen LogP contribution is -2.37. The van der Waals surface area contributed by atoms with Crippen molar-refractivity contribution in [2.24, 2.45) is 11.8 Å². The van der Waals surface area contributed by atoms with Gasteiger partial charge in [-0.25, -0.2) is 12.8 Å². The average molecular weight is 600 g/mol. The van der Waals surface area contributed by atoms with Gasteiger partial charge in [-0.3, -0.25) is 4.79 Å². The molecule has 1 saturated heterocycles. The predicted octanol–water partition coefficient (Wildman–Crippen LogP) is 4.85. The Kier molecular flexibility index (Phi) is 10.1. The van der Waals surface area contributed by atoms with Crippen molar-refractivity contribution >= 4 is 15.9 Å². The molecule has 4 rings (SSSR count). The van der Waals surface area contributed by atoms with E-state index < -0.39 is 32.8 Å². The van der Waals surface area contributed by atoms with E-state index in [0.29, 0.717) is 30.9 Å². The first kappa shape index (κ1) is 31.4. The highest BCUT2D eigenvalue weighted by Crippen LogP contribution is 2.39. The summed E-state index contributed by atoms with van der Waals surface area (Å²) < 4.78 is 85.0. The molecule has 0 spiro atoms. The van der Waals surface area contributed by atoms with Crippen molar-refractivity contribution in [2.75, 3.05) is 40.3 Å². The number of nitrogens with zero attached hydrogens (tertiary/aromatic N) is 2. The van der Waals surface area contributed by atoms with Crippen molar-refractivity contribution in [3.63, 3.8) is 0 Å². The smallest absolute Gasteiger partial charge is 0.367 e. The number of hydrogen-bond donors (Lipinski definition) is 1. The maximum absolute atomic E-state index is 13.4. The minimum Gasteiger partial charge on any atom is -0.367 e. The van der Waals surface area contributed by atoms with E-state index in [1.54, 1.807) is 0 Å². The van der Waals surface area contributed by atoms with E-state index in [4.69, 9.17) is 4.74 Å². The first-order chi connectivity index (χ1) is 19.3. The zero-order valence-electron chi connectivity index (χ0n) is 23.2. The fourth-order valence-corrected chi connectivity index (χ4v) is 7.43. The SMILES string of the molecule is CN(C)C(c1ccc(F)cc1)C1CCC(CNC(=O)COC2CCN(S(=O)(=O)c3cccc(C(F)(F)F)c3)C2)CC1. The molecule has 41 heavy (non-hydrogen) atoms. The van der Waals surface area contributed by atoms with Gasteiger partial charge in [-0.15, -0.1) is 0 Å². The van der Waals surface area contributed by atoms with E-state index in [9.17, 15) is 30.8 Å². The Hall–Kier alpha value is -2.54. The van der Waals surface area contributed by atoms with Crippen molar-refractivity contribution in [1.82, 2.24) is 14.5 Å². The second-order valence-electron chi connectivity index (χ2n) is 11.2. The van der Waals surface area contributed by atoms with Gasteiger partial charge in [0, 0.05) is 25.7 Å². The number of nitrogens with one attached hydrogen (secondary N) is 1. The fraction of sp³-hybridized carbons (Fsp3) is 0.552. The molecule has 2 aliphatic rings. The third-order valence-corrected chi connectivity index (χ3v) is 9.91. The van der Waals surface area contributed by atoms with Gasteiger partial charge in [-0.2, -0.15) is 17.5 Å². The molecule has 1 amide bonds. The number of sulfonamides is 1. The third-order valence-electron chi connectivity index (χ3n) is 8.05. The van der Waals surface area contributed by atoms with Gasteiger partial charge in [-0.1, -0.05) is 18.2 Å². The summed E-state index contributed by atoms with van der Waals surface area (Å²) in [5, 5.41) is 2.91. The third kappa shape index (κ3) is 8.06. The molecular weight excluding hydrogens is 562 g/mol. The number of ether oxygens (including phenoxy) is 1. The number of benzene rings is 2. The van der Waals surface area contributed by atoms with E-state index in [1.807, 2.05) is 26.2 Å². The molecule has 2 atom stereocenters. The Morgan fingerprint density at radius 2 is 1.76 bits per heavy atom. The number of carbonyl (C=O) groups is 1. The standard InChI is InChI=1S/C29H37F4N3O4S/c1-35(2)28(22-10-12-24(30)13-11-22)21-8-6-20(7-9-21)17-34-27(37)19-40-25-14-15-36(18-25)41(38,39)26-5-3-4-23(16-26)29(31,32)33/h3-5,10-13,16,20-21,25,28H,6-9,14-15,17-19H2,1-2H3,(H,34,37). The van der Waals surface area contributed by atoms with Gasteiger partial charge in [0.05, 0.1) is 16.6 Å². The predicted molar refractivity (Wildman–Crippen MR) is 146 cm³/mol. The number of rotatable bonds is 10. The van der Waals surface area contributed by atoms with Crippen molar-refractivity contribution in [1.29, 1.82) is 0 Å². The largest absolute Gasteiger partial charge is 0.416 e. The summed E-state index contributed by atoms with van der Waals surface area (Å²) in [7, 11) is -0.0558. The zero-order chi connectivity index (χ0) is 29.8. The van der Waals surface area contributed by atoms with Gasteiger partial charge in [0.2, 0.25) is 15.9 Å². The van der Waals surface area contributed by atoms with Gasteiger partial charge in [-0.05, 0) is 93.9 Å². The van der Waals surface area contributed by atoms with Crippen molar-refractivity contribution < 1.29 is 35.5 Å². The van der Waals surface area contributed by atoms with Crippen LogP contribution in [0.5, 0.6) is 0 Å². The lowest BCUT2D eigenvalue weighted by Gasteiger charge is -2.37. The fourth-order valence-electron chi connectivity index (χ4n) is 5.90. The molecule has 226 valence electrons. The van der Waals surface area contributed by atoms with Crippen LogP contribution in [0.4, 0.5) is 17.6 Å². The van der Waals surface area contributed by atoms with Gasteiger partial charge in [0.15, 0.2) is 0 Å². The molecule has 2 unspecified atom stereocenters. The Morgan fingerprint density at radius 1 is 1.07 bits per heavy atom. The summed E-state index contributed by atoms with van der Waals surface area (Å²) in [5.41, 5.74) is 0.0690. The summed E-state index contributed by atoms with van der Waals surface area (Å²) in [6.07, 6.45) is -0.911. The Bertz CT molecular complexity index is 1280. The van der Waals surface area contributed by atoms with E-state index >= 15 is 0 Å². The summed E-state index contributed by atoms with van der Waals surface area (Å²) >= 11 is 0. The normalized spacial score (nSPS) is 23.0. The first-order valence-corrected chi connectivity index (χ1v) is 15.3. The molecular formula is C29H37F4N3O4S. The first-order valence-electron chi connectivity index (χ1n) is 13.8. The van der Waals surface area contributed by atoms with Gasteiger partial charge in [0.1, 0.15) is 12.4 Å². The van der Waals surface area contributed by atoms with Crippen molar-refractivity contribution in [3.05, 3.63) is 65.5 Å². The molecule has 7 nitrogen and oxygen atoms in total. The van der Waals surface area contributed by atoms with Crippen LogP contribution in [0.15, 0.2) is 53.4 Å². The maximum atomic E-state index is 13.4. The summed E-state index contributed by atoms with van der Waals surface area (Å²) in [6, 6.07) is 10.5. The molecule has 1 saturated carbocycles. The number of carbonyl (C=O) groups excluding carboxylic acids is 1. The molecule has 1 heterocycles. The average Bonchev–Trinajstić information content (AvgIpc) is 3.42. The van der Waals surface area contributed by atoms with Crippen LogP contribution in [0.25, 0.3) is 0 Å². The quantitative estimate of drug-likeness (QED) is 0.395. The molecule has 1 aliphatic heterocycles. The maximum Gasteiger partial charge on any atom is 0.416 e. The van der Waals surface area contributed by atoms with Crippen LogP contribution in [0.1, 0.15) is 49.3 Å². The molecule has 1 aliphatic carbocycles. The summed E-state index contributed by atoms with van der Waals surface area (Å²) in [4.78, 5) is 14.2. The molecule has 12 heteroatoms. The number of hydrogen-bond acceptors (Lipinski definition) is 5. The van der Waals surface area contributed by atoms with Crippen LogP contribution < -0.4 is 5.32 Å². The van der Waals surface area contributed by atoms with Gasteiger partial charge in [0.25, 0.3) is 0 Å². The second-order valence-corrected chi connectivity index (χ2v) is 13.1. The van der Waals surface area contributed by atoms with E-state index in [-0.39, 0.29) is 37.5 Å². The molecule has 2 fully saturated rings. The van der Waals surface area contributed by atoms with Crippen LogP contribution in [0, 0.1) is 17.7 Å². The number of alkyl halides is 3. The lowest BCUT2D eigenvalue weighted by molar-refractivity contribution is -0.137. The highest BCUT2D eigenvalue weighted by atomic mass is 32.2. The van der Waals surface area contributed by atoms with Crippen LogP contribution in [0.3, 0.4) is 0 Å². The van der Waals surface area contributed by atoms with Crippen LogP contribution in [-0.4, -0.2) is 70.0 Å². The number of amides is 1. The molecule has 1 N–H and O–H groups in total. The highest BCUT2D eigenvalue weighted by Gasteiger charge is 2.36. The Balaban J connectivity index is 1.19. The van der Waals surface area contributed by atoms with Crippen LogP contribution in [-0.2, 0) is 25.7 Å². The second kappa shape index (κ2) is 13.2. The zero-order valence-corrected chi connectivity index (χ0v) is 24.1. The topological polar surface area (TPSA) is 79.0 Å². The van der Waals surface area contributed by atoms with Crippen molar-refractivity contribution in [3.8, 4) is 0 Å². The van der Waals surface area contributed by atoms with Crippen molar-refractivity contribution in [2.45, 2.75) is 55.3 Å². The highest BCUT2D eigenvalue weighted by molar-refractivity contribution is 7.89. The van der Waals surface area contributed by atoms with E-state index in [1.165, 1.54) is 12.1 Å². The minimum atomic E-state index is -4.65. The van der Waals surface area contributed by atoms with Gasteiger partial charge < -0.3 is 15.0 Å². The lowest BCUT2D eigenvalue weighted by atomic mass is 9.76.